The molecule has 2 rings (SSSR count). The van der Waals surface area contributed by atoms with Gasteiger partial charge in [0.15, 0.2) is 0 Å². The minimum Gasteiger partial charge on any atom is -0.494 e. The van der Waals surface area contributed by atoms with Crippen LogP contribution in [0, 0.1) is 11.6 Å². The Morgan fingerprint density at radius 2 is 1.91 bits per heavy atom. The summed E-state index contributed by atoms with van der Waals surface area (Å²) >= 11 is 0. The monoisotopic (exact) mass is 308 g/mol. The summed E-state index contributed by atoms with van der Waals surface area (Å²) in [5.41, 5.74) is 6.67. The number of hydrogen-bond acceptors (Lipinski definition) is 4. The van der Waals surface area contributed by atoms with E-state index in [9.17, 15) is 13.9 Å². The Hall–Kier alpha value is -2.05. The maximum Gasteiger partial charge on any atom is 0.126 e. The number of nitrogens with two attached hydrogens (primary N) is 1. The zero-order chi connectivity index (χ0) is 16.1. The smallest absolute Gasteiger partial charge is 0.126 e. The highest BCUT2D eigenvalue weighted by Crippen LogP contribution is 2.21. The van der Waals surface area contributed by atoms with E-state index in [2.05, 4.69) is 4.98 Å². The molecule has 22 heavy (non-hydrogen) atoms. The van der Waals surface area contributed by atoms with Crippen LogP contribution in [-0.4, -0.2) is 22.7 Å². The topological polar surface area (TPSA) is 68.4 Å². The van der Waals surface area contributed by atoms with Gasteiger partial charge < -0.3 is 15.6 Å². The predicted octanol–water partition coefficient (Wildman–Crippen LogP) is 2.36. The van der Waals surface area contributed by atoms with Crippen LogP contribution in [0.5, 0.6) is 5.75 Å². The maximum absolute atomic E-state index is 13.2. The van der Waals surface area contributed by atoms with E-state index in [4.69, 9.17) is 10.5 Å². The average molecular weight is 308 g/mol. The van der Waals surface area contributed by atoms with Crippen molar-refractivity contribution in [3.05, 3.63) is 59.4 Å². The normalized spacial score (nSPS) is 13.7. The molecule has 0 aliphatic rings. The van der Waals surface area contributed by atoms with Gasteiger partial charge in [-0.25, -0.2) is 8.78 Å². The highest BCUT2D eigenvalue weighted by molar-refractivity contribution is 5.25. The summed E-state index contributed by atoms with van der Waals surface area (Å²) in [6, 6.07) is 5.70. The van der Waals surface area contributed by atoms with Crippen LogP contribution in [-0.2, 0) is 6.42 Å². The minimum atomic E-state index is -1.06. The van der Waals surface area contributed by atoms with Gasteiger partial charge in [-0.05, 0) is 37.1 Å². The summed E-state index contributed by atoms with van der Waals surface area (Å²) < 4.78 is 31.7. The average Bonchev–Trinajstić information content (AvgIpc) is 2.46. The highest BCUT2D eigenvalue weighted by atomic mass is 19.1. The molecule has 0 radical (unpaired) electrons. The molecule has 0 bridgehead atoms. The first kappa shape index (κ1) is 16.3. The molecule has 0 fully saturated rings. The third-order valence-electron chi connectivity index (χ3n) is 3.17. The van der Waals surface area contributed by atoms with Crippen LogP contribution < -0.4 is 10.5 Å². The fourth-order valence-electron chi connectivity index (χ4n) is 2.18. The van der Waals surface area contributed by atoms with E-state index in [1.54, 1.807) is 12.1 Å². The van der Waals surface area contributed by atoms with Gasteiger partial charge in [-0.3, -0.25) is 4.98 Å². The molecule has 3 N–H and O–H groups in total. The number of benzene rings is 1. The van der Waals surface area contributed by atoms with E-state index in [1.165, 1.54) is 18.3 Å². The summed E-state index contributed by atoms with van der Waals surface area (Å²) in [5.74, 6) is -0.767. The van der Waals surface area contributed by atoms with Crippen molar-refractivity contribution in [2.75, 3.05) is 6.61 Å². The quantitative estimate of drug-likeness (QED) is 0.859. The Morgan fingerprint density at radius 3 is 2.55 bits per heavy atom. The fourth-order valence-corrected chi connectivity index (χ4v) is 2.18. The number of halogens is 2. The molecule has 0 amide bonds. The minimum absolute atomic E-state index is 0.121. The molecule has 2 atom stereocenters. The van der Waals surface area contributed by atoms with E-state index >= 15 is 0 Å². The number of aliphatic hydroxyl groups is 1. The second kappa shape index (κ2) is 7.29. The largest absolute Gasteiger partial charge is 0.494 e. The Labute approximate surface area is 127 Å². The molecule has 1 aromatic carbocycles. The molecule has 1 aromatic heterocycles. The van der Waals surface area contributed by atoms with Crippen molar-refractivity contribution in [1.82, 2.24) is 4.98 Å². The number of hydrogen-bond donors (Lipinski definition) is 2. The van der Waals surface area contributed by atoms with Gasteiger partial charge in [0.2, 0.25) is 0 Å². The summed E-state index contributed by atoms with van der Waals surface area (Å²) in [6.07, 6.45) is 0.570. The first-order valence-electron chi connectivity index (χ1n) is 6.97. The Morgan fingerprint density at radius 1 is 1.23 bits per heavy atom. The van der Waals surface area contributed by atoms with E-state index < -0.39 is 23.8 Å². The summed E-state index contributed by atoms with van der Waals surface area (Å²) in [4.78, 5) is 4.06. The van der Waals surface area contributed by atoms with Crippen molar-refractivity contribution >= 4 is 0 Å². The molecule has 118 valence electrons. The third-order valence-corrected chi connectivity index (χ3v) is 3.17. The van der Waals surface area contributed by atoms with Gasteiger partial charge in [-0.2, -0.15) is 0 Å². The summed E-state index contributed by atoms with van der Waals surface area (Å²) in [6.45, 7) is 2.34. The van der Waals surface area contributed by atoms with Crippen LogP contribution in [0.4, 0.5) is 8.78 Å². The summed E-state index contributed by atoms with van der Waals surface area (Å²) in [7, 11) is 0. The van der Waals surface area contributed by atoms with E-state index in [-0.39, 0.29) is 6.42 Å². The lowest BCUT2D eigenvalue weighted by molar-refractivity contribution is 0.141. The van der Waals surface area contributed by atoms with Crippen LogP contribution in [0.15, 0.2) is 36.5 Å². The second-order valence-corrected chi connectivity index (χ2v) is 4.94. The van der Waals surface area contributed by atoms with Gasteiger partial charge in [0, 0.05) is 24.4 Å². The first-order chi connectivity index (χ1) is 10.5. The Kier molecular flexibility index (Phi) is 5.41. The molecule has 0 saturated heterocycles. The van der Waals surface area contributed by atoms with E-state index in [1.807, 2.05) is 6.92 Å². The summed E-state index contributed by atoms with van der Waals surface area (Å²) in [5, 5.41) is 10.3. The zero-order valence-corrected chi connectivity index (χ0v) is 12.2. The van der Waals surface area contributed by atoms with Crippen LogP contribution >= 0.6 is 0 Å². The number of nitrogens with zero attached hydrogens (tertiary/aromatic N) is 1. The highest BCUT2D eigenvalue weighted by Gasteiger charge is 2.20. The standard InChI is InChI=1S/C16H18F2N2O2/c1-2-22-13-3-4-20-15(9-13)16(21)14(19)7-10-5-11(17)8-12(18)6-10/h3-6,8-9,14,16,21H,2,7,19H2,1H3/t14-,16-/m0/s1. The molecule has 0 spiro atoms. The molecule has 0 saturated carbocycles. The van der Waals surface area contributed by atoms with Crippen molar-refractivity contribution in [2.24, 2.45) is 5.73 Å². The third kappa shape index (κ3) is 4.22. The van der Waals surface area contributed by atoms with Gasteiger partial charge in [0.1, 0.15) is 23.5 Å². The molecule has 2 aromatic rings. The van der Waals surface area contributed by atoms with Crippen LogP contribution in [0.2, 0.25) is 0 Å². The van der Waals surface area contributed by atoms with Gasteiger partial charge >= 0.3 is 0 Å². The predicted molar refractivity (Wildman–Crippen MR) is 78.4 cm³/mol. The van der Waals surface area contributed by atoms with E-state index in [0.29, 0.717) is 23.6 Å². The second-order valence-electron chi connectivity index (χ2n) is 4.94. The number of rotatable bonds is 6. The van der Waals surface area contributed by atoms with Crippen LogP contribution in [0.1, 0.15) is 24.3 Å². The number of ether oxygens (including phenoxy) is 1. The number of aromatic nitrogens is 1. The lowest BCUT2D eigenvalue weighted by Gasteiger charge is -2.19. The zero-order valence-electron chi connectivity index (χ0n) is 12.2. The molecule has 4 nitrogen and oxygen atoms in total. The lowest BCUT2D eigenvalue weighted by atomic mass is 9.99. The van der Waals surface area contributed by atoms with Crippen LogP contribution in [0.25, 0.3) is 0 Å². The van der Waals surface area contributed by atoms with Gasteiger partial charge in [-0.1, -0.05) is 0 Å². The van der Waals surface area contributed by atoms with Gasteiger partial charge in [-0.15, -0.1) is 0 Å². The van der Waals surface area contributed by atoms with Crippen molar-refractivity contribution < 1.29 is 18.6 Å². The van der Waals surface area contributed by atoms with Crippen LogP contribution in [0.3, 0.4) is 0 Å². The number of pyridine rings is 1. The van der Waals surface area contributed by atoms with Crippen molar-refractivity contribution in [1.29, 1.82) is 0 Å². The van der Waals surface area contributed by atoms with Gasteiger partial charge in [0.25, 0.3) is 0 Å². The van der Waals surface area contributed by atoms with Gasteiger partial charge in [0.05, 0.1) is 12.3 Å². The maximum atomic E-state index is 13.2. The molecule has 1 heterocycles. The van der Waals surface area contributed by atoms with Crippen molar-refractivity contribution in [3.8, 4) is 5.75 Å². The fraction of sp³-hybridized carbons (Fsp3) is 0.312. The molecule has 0 unspecified atom stereocenters. The Bertz CT molecular complexity index is 617. The molecular weight excluding hydrogens is 290 g/mol. The lowest BCUT2D eigenvalue weighted by Crippen LogP contribution is -2.31. The molecular formula is C16H18F2N2O2. The van der Waals surface area contributed by atoms with Crippen molar-refractivity contribution in [2.45, 2.75) is 25.5 Å². The van der Waals surface area contributed by atoms with E-state index in [0.717, 1.165) is 6.07 Å². The molecule has 0 aliphatic heterocycles. The number of aliphatic hydroxyl groups excluding tert-OH is 1. The molecule has 0 aliphatic carbocycles. The first-order valence-corrected chi connectivity index (χ1v) is 6.97. The molecule has 6 heteroatoms. The Balaban J connectivity index is 2.11. The SMILES string of the molecule is CCOc1ccnc([C@@H](O)[C@@H](N)Cc2cc(F)cc(F)c2)c1. The van der Waals surface area contributed by atoms with Crippen molar-refractivity contribution in [3.63, 3.8) is 0 Å².